The molecule has 21 heavy (non-hydrogen) atoms. The summed E-state index contributed by atoms with van der Waals surface area (Å²) in [6.45, 7) is 7.04. The molecule has 0 aromatic heterocycles. The summed E-state index contributed by atoms with van der Waals surface area (Å²) in [5.74, 6) is -0.203. The van der Waals surface area contributed by atoms with Gasteiger partial charge in [-0.3, -0.25) is 0 Å². The number of anilines is 3. The number of nitrogen functional groups attached to an aromatic ring is 1. The molecule has 0 radical (unpaired) electrons. The summed E-state index contributed by atoms with van der Waals surface area (Å²) in [6, 6.07) is 11.1. The highest BCUT2D eigenvalue weighted by atomic mass is 19.1. The minimum atomic E-state index is -0.432. The van der Waals surface area contributed by atoms with Crippen LogP contribution in [0.3, 0.4) is 0 Å². The second-order valence-corrected chi connectivity index (χ2v) is 4.85. The van der Waals surface area contributed by atoms with Crippen molar-refractivity contribution in [1.82, 2.24) is 0 Å². The molecule has 0 saturated carbocycles. The maximum Gasteiger partial charge on any atom is 0.167 e. The third-order valence-corrected chi connectivity index (χ3v) is 3.33. The summed E-state index contributed by atoms with van der Waals surface area (Å²) in [4.78, 5) is 2.04. The highest BCUT2D eigenvalue weighted by Gasteiger charge is 2.15. The Morgan fingerprint density at radius 3 is 2.38 bits per heavy atom. The number of nitrogens with zero attached hydrogens (tertiary/aromatic N) is 1. The lowest BCUT2D eigenvalue weighted by atomic mass is 10.1. The van der Waals surface area contributed by atoms with Gasteiger partial charge in [0.15, 0.2) is 11.6 Å². The van der Waals surface area contributed by atoms with Gasteiger partial charge in [-0.2, -0.15) is 0 Å². The van der Waals surface area contributed by atoms with Crippen LogP contribution in [0.25, 0.3) is 0 Å². The Hall–Kier alpha value is -2.23. The van der Waals surface area contributed by atoms with Crippen molar-refractivity contribution in [3.05, 3.63) is 47.8 Å². The molecule has 2 aromatic rings. The molecule has 2 N–H and O–H groups in total. The molecular weight excluding hydrogens is 267 g/mol. The first-order valence-electron chi connectivity index (χ1n) is 7.12. The van der Waals surface area contributed by atoms with Crippen LogP contribution in [-0.2, 0) is 0 Å². The van der Waals surface area contributed by atoms with Crippen LogP contribution in [0.2, 0.25) is 0 Å². The lowest BCUT2D eigenvalue weighted by Crippen LogP contribution is -2.18. The van der Waals surface area contributed by atoms with Crippen LogP contribution in [0.4, 0.5) is 21.5 Å². The lowest BCUT2D eigenvalue weighted by Gasteiger charge is -2.25. The quantitative estimate of drug-likeness (QED) is 0.835. The molecule has 0 saturated heterocycles. The molecule has 0 heterocycles. The predicted octanol–water partition coefficient (Wildman–Crippen LogP) is 4.27. The zero-order chi connectivity index (χ0) is 15.4. The fraction of sp³-hybridized carbons (Fsp3) is 0.294. The maximum absolute atomic E-state index is 13.8. The minimum absolute atomic E-state index is 0.229. The van der Waals surface area contributed by atoms with Gasteiger partial charge in [-0.05, 0) is 32.9 Å². The molecule has 0 unspecified atom stereocenters. The van der Waals surface area contributed by atoms with Gasteiger partial charge in [0.2, 0.25) is 0 Å². The number of hydrogen-bond donors (Lipinski definition) is 1. The Kier molecular flexibility index (Phi) is 4.68. The topological polar surface area (TPSA) is 38.5 Å². The van der Waals surface area contributed by atoms with Gasteiger partial charge in [0.1, 0.15) is 0 Å². The fourth-order valence-electron chi connectivity index (χ4n) is 2.27. The second kappa shape index (κ2) is 6.48. The van der Waals surface area contributed by atoms with E-state index in [1.54, 1.807) is 6.07 Å². The maximum atomic E-state index is 13.8. The smallest absolute Gasteiger partial charge is 0.167 e. The normalized spacial score (nSPS) is 10.5. The Balaban J connectivity index is 2.46. The SMILES string of the molecule is CCOc1cc(N(CC)c2ccc(C)cc2)c(N)cc1F. The van der Waals surface area contributed by atoms with Gasteiger partial charge in [0.05, 0.1) is 18.0 Å². The largest absolute Gasteiger partial charge is 0.491 e. The van der Waals surface area contributed by atoms with Crippen molar-refractivity contribution < 1.29 is 9.13 Å². The summed E-state index contributed by atoms with van der Waals surface area (Å²) >= 11 is 0. The van der Waals surface area contributed by atoms with Crippen molar-refractivity contribution >= 4 is 17.1 Å². The molecule has 2 rings (SSSR count). The van der Waals surface area contributed by atoms with E-state index in [9.17, 15) is 4.39 Å². The van der Waals surface area contributed by atoms with Crippen molar-refractivity contribution in [2.24, 2.45) is 0 Å². The Bertz CT molecular complexity index is 611. The van der Waals surface area contributed by atoms with Crippen LogP contribution >= 0.6 is 0 Å². The molecule has 0 aliphatic carbocycles. The number of aryl methyl sites for hydroxylation is 1. The summed E-state index contributed by atoms with van der Waals surface area (Å²) in [5.41, 5.74) is 9.36. The molecule has 0 aliphatic heterocycles. The van der Waals surface area contributed by atoms with Crippen LogP contribution in [0.15, 0.2) is 36.4 Å². The first-order chi connectivity index (χ1) is 10.1. The van der Waals surface area contributed by atoms with Crippen LogP contribution in [0.5, 0.6) is 5.75 Å². The second-order valence-electron chi connectivity index (χ2n) is 4.85. The van der Waals surface area contributed by atoms with Gasteiger partial charge in [-0.15, -0.1) is 0 Å². The van der Waals surface area contributed by atoms with E-state index in [0.717, 1.165) is 17.9 Å². The highest BCUT2D eigenvalue weighted by molar-refractivity contribution is 5.76. The van der Waals surface area contributed by atoms with Crippen molar-refractivity contribution in [3.8, 4) is 5.75 Å². The molecule has 0 fully saturated rings. The molecule has 2 aromatic carbocycles. The van der Waals surface area contributed by atoms with Gasteiger partial charge in [0.25, 0.3) is 0 Å². The van der Waals surface area contributed by atoms with Crippen LogP contribution in [-0.4, -0.2) is 13.2 Å². The number of ether oxygens (including phenoxy) is 1. The first kappa shape index (κ1) is 15.2. The van der Waals surface area contributed by atoms with E-state index in [0.29, 0.717) is 12.3 Å². The van der Waals surface area contributed by atoms with Gasteiger partial charge >= 0.3 is 0 Å². The van der Waals surface area contributed by atoms with Crippen molar-refractivity contribution in [2.75, 3.05) is 23.8 Å². The third-order valence-electron chi connectivity index (χ3n) is 3.33. The zero-order valence-electron chi connectivity index (χ0n) is 12.7. The Morgan fingerprint density at radius 1 is 1.14 bits per heavy atom. The average molecular weight is 288 g/mol. The van der Waals surface area contributed by atoms with E-state index in [1.165, 1.54) is 11.6 Å². The van der Waals surface area contributed by atoms with E-state index in [4.69, 9.17) is 10.5 Å². The number of hydrogen-bond acceptors (Lipinski definition) is 3. The average Bonchev–Trinajstić information content (AvgIpc) is 2.46. The van der Waals surface area contributed by atoms with Gasteiger partial charge in [-0.25, -0.2) is 4.39 Å². The summed E-state index contributed by atoms with van der Waals surface area (Å²) < 4.78 is 19.1. The lowest BCUT2D eigenvalue weighted by molar-refractivity contribution is 0.322. The standard InChI is InChI=1S/C17H21FN2O/c1-4-20(13-8-6-12(3)7-9-13)16-11-17(21-5-2)14(18)10-15(16)19/h6-11H,4-5,19H2,1-3H3. The highest BCUT2D eigenvalue weighted by Crippen LogP contribution is 2.35. The summed E-state index contributed by atoms with van der Waals surface area (Å²) in [7, 11) is 0. The van der Waals surface area contributed by atoms with Crippen LogP contribution < -0.4 is 15.4 Å². The van der Waals surface area contributed by atoms with E-state index in [2.05, 4.69) is 0 Å². The number of nitrogens with two attached hydrogens (primary N) is 1. The van der Waals surface area contributed by atoms with Crippen molar-refractivity contribution in [3.63, 3.8) is 0 Å². The van der Waals surface area contributed by atoms with Gasteiger partial charge in [0, 0.05) is 24.4 Å². The van der Waals surface area contributed by atoms with E-state index in [1.807, 2.05) is 49.9 Å². The molecule has 0 aliphatic rings. The molecule has 0 bridgehead atoms. The predicted molar refractivity (Wildman–Crippen MR) is 85.8 cm³/mol. The molecular formula is C17H21FN2O. The zero-order valence-corrected chi connectivity index (χ0v) is 12.7. The van der Waals surface area contributed by atoms with E-state index >= 15 is 0 Å². The van der Waals surface area contributed by atoms with E-state index < -0.39 is 5.82 Å². The molecule has 0 amide bonds. The number of benzene rings is 2. The van der Waals surface area contributed by atoms with E-state index in [-0.39, 0.29) is 5.75 Å². The molecule has 0 spiro atoms. The number of rotatable bonds is 5. The minimum Gasteiger partial charge on any atom is -0.491 e. The first-order valence-corrected chi connectivity index (χ1v) is 7.12. The summed E-state index contributed by atoms with van der Waals surface area (Å²) in [6.07, 6.45) is 0. The fourth-order valence-corrected chi connectivity index (χ4v) is 2.27. The Labute approximate surface area is 125 Å². The van der Waals surface area contributed by atoms with Crippen molar-refractivity contribution in [2.45, 2.75) is 20.8 Å². The Morgan fingerprint density at radius 2 is 1.81 bits per heavy atom. The molecule has 112 valence electrons. The van der Waals surface area contributed by atoms with Gasteiger partial charge in [-0.1, -0.05) is 17.7 Å². The third kappa shape index (κ3) is 3.27. The molecule has 3 nitrogen and oxygen atoms in total. The monoisotopic (exact) mass is 288 g/mol. The van der Waals surface area contributed by atoms with Gasteiger partial charge < -0.3 is 15.4 Å². The summed E-state index contributed by atoms with van der Waals surface area (Å²) in [5, 5.41) is 0. The molecule has 4 heteroatoms. The van der Waals surface area contributed by atoms with Crippen LogP contribution in [0.1, 0.15) is 19.4 Å². The van der Waals surface area contributed by atoms with Crippen molar-refractivity contribution in [1.29, 1.82) is 0 Å². The molecule has 0 atom stereocenters. The van der Waals surface area contributed by atoms with Crippen LogP contribution in [0, 0.1) is 12.7 Å². The number of halogens is 1.